The van der Waals surface area contributed by atoms with Crippen molar-refractivity contribution in [3.05, 3.63) is 118 Å². The van der Waals surface area contributed by atoms with Gasteiger partial charge in [0.05, 0.1) is 75.4 Å². The maximum atomic E-state index is 13.2. The number of nitrogens with zero attached hydrogens (tertiary/aromatic N) is 16. The van der Waals surface area contributed by atoms with Gasteiger partial charge in [0.1, 0.15) is 42.3 Å². The fraction of sp³-hybridized carbons (Fsp3) is 0.584. The molecule has 2 saturated carbocycles. The van der Waals surface area contributed by atoms with Crippen LogP contribution in [0.1, 0.15) is 149 Å². The van der Waals surface area contributed by atoms with Crippen LogP contribution < -0.4 is 44.9 Å². The normalized spacial score (nSPS) is 22.9. The second-order valence-corrected chi connectivity index (χ2v) is 29.6. The summed E-state index contributed by atoms with van der Waals surface area (Å²) < 4.78 is 70.8. The van der Waals surface area contributed by atoms with Gasteiger partial charge in [-0.25, -0.2) is 8.78 Å². The van der Waals surface area contributed by atoms with Crippen molar-refractivity contribution in [3.63, 3.8) is 0 Å². The zero-order valence-corrected chi connectivity index (χ0v) is 61.9. The number of hydrogen-bond acceptors (Lipinski definition) is 27. The van der Waals surface area contributed by atoms with Crippen molar-refractivity contribution in [1.82, 2.24) is 65.8 Å². The largest absolute Gasteiger partial charge is 0.461 e. The molecule has 9 aliphatic heterocycles. The number of aromatic nitrogens is 10. The van der Waals surface area contributed by atoms with Gasteiger partial charge in [0.25, 0.3) is 17.7 Å². The average molecular weight is 1500 g/mol. The van der Waals surface area contributed by atoms with Gasteiger partial charge in [0.2, 0.25) is 17.7 Å². The van der Waals surface area contributed by atoms with Gasteiger partial charge in [-0.2, -0.15) is 34.9 Å². The second-order valence-electron chi connectivity index (χ2n) is 29.6. The van der Waals surface area contributed by atoms with E-state index >= 15 is 0 Å². The lowest BCUT2D eigenvalue weighted by Gasteiger charge is -2.34. The number of amides is 3. The number of anilines is 3. The second kappa shape index (κ2) is 34.6. The minimum atomic E-state index is -2.64. The van der Waals surface area contributed by atoms with Crippen LogP contribution in [-0.2, 0) is 43.3 Å². The molecule has 11 aliphatic rings. The van der Waals surface area contributed by atoms with Crippen LogP contribution in [0.5, 0.6) is 18.0 Å². The first-order chi connectivity index (χ1) is 53.2. The molecule has 3 amide bonds. The summed E-state index contributed by atoms with van der Waals surface area (Å²) in [4.78, 5) is 104. The first-order valence-corrected chi connectivity index (χ1v) is 38.5. The molecule has 15 heterocycles. The summed E-state index contributed by atoms with van der Waals surface area (Å²) in [5, 5.41) is 8.67. The molecule has 109 heavy (non-hydrogen) atoms. The van der Waals surface area contributed by atoms with E-state index in [9.17, 15) is 23.2 Å². The van der Waals surface area contributed by atoms with E-state index in [1.165, 1.54) is 22.6 Å². The lowest BCUT2D eigenvalue weighted by molar-refractivity contribution is -0.108. The summed E-state index contributed by atoms with van der Waals surface area (Å²) in [7, 11) is 3.16. The molecule has 8 fully saturated rings. The number of carbonyl (C=O) groups excluding carboxylic acids is 3. The standard InChI is InChI=1S/C27H32N6O4.C25H31F2N7O3.C25H32N6O4/c34-26(32-25-19-14-35-15-20(19)25)21-11-23(31-27(30-21)37-13-17-3-2-10-36-17)33-8-5-16(6-9-33)24-18-4-1-7-28-22(18)12-29-24;1-15(14-36-2)37-24-32-21(22(35)30-12-16-10-25(26,27)11-16)31-23(33-24)34-8-5-17(6-9-34)20-18-4-3-7-28-19(18)13-29-20;1-33-13-9-27-24(32)20-14-22(30-25(29-20)35-16-18-4-3-12-34-18)31-10-6-17(7-11-31)23-19-5-2-8-26-21(19)15-28-23/h1,4,7,11,16-17,19-20,25H,2-3,5-6,8-10,12-15H2,(H,32,34);3-4,7,15-17H,5-6,8-14H2,1-2H3,(H,30,35);2,5,8,14,17-18H,3-4,6-7,9-13,15-16H2,1H3,(H,27,32)/t17-,19-,20+,25?;15-;18-/m111/s1. The molecule has 6 atom stereocenters. The minimum absolute atomic E-state index is 0.0252. The summed E-state index contributed by atoms with van der Waals surface area (Å²) in [6.07, 6.45) is 14.3. The Kier molecular flexibility index (Phi) is 23.8. The van der Waals surface area contributed by atoms with E-state index in [1.54, 1.807) is 32.5 Å². The molecule has 6 saturated heterocycles. The van der Waals surface area contributed by atoms with Crippen molar-refractivity contribution in [2.45, 2.75) is 134 Å². The van der Waals surface area contributed by atoms with Crippen molar-refractivity contribution in [2.24, 2.45) is 50.5 Å². The SMILES string of the molecule is COCCNC(=O)c1cc(N2CCC(C3=NCc4ncccc43)CC2)nc(OC[C@H]2CCCO2)n1.COC[C@@H](C)Oc1nc(C(=O)NCC2CC(F)(F)C2)nc(N2CCC(C3=NCc4ncccc43)CC2)n1.O=C(NC1[C@H]2COC[C@@H]12)c1cc(N2CCC(C3=NCc4ncccc43)CC2)nc(OC[C@H]2CCCO2)n1. The minimum Gasteiger partial charge on any atom is -0.461 e. The molecule has 1 unspecified atom stereocenters. The molecule has 0 spiro atoms. The molecule has 578 valence electrons. The number of aliphatic imine (C=N–C) groups is 3. The van der Waals surface area contributed by atoms with Gasteiger partial charge in [-0.3, -0.25) is 44.3 Å². The van der Waals surface area contributed by atoms with Crippen LogP contribution in [0, 0.1) is 35.5 Å². The molecule has 0 aromatic carbocycles. The van der Waals surface area contributed by atoms with E-state index in [-0.39, 0.29) is 91.0 Å². The lowest BCUT2D eigenvalue weighted by atomic mass is 9.81. The Labute approximate surface area is 631 Å². The van der Waals surface area contributed by atoms with E-state index in [2.05, 4.69) is 88.8 Å². The number of methoxy groups -OCH3 is 2. The Morgan fingerprint density at radius 2 is 1.07 bits per heavy atom. The summed E-state index contributed by atoms with van der Waals surface area (Å²) in [6.45, 7) is 13.4. The predicted octanol–water partition coefficient (Wildman–Crippen LogP) is 6.72. The number of fused-ring (bicyclic) bond motifs is 4. The van der Waals surface area contributed by atoms with Gasteiger partial charge in [-0.1, -0.05) is 0 Å². The number of hydrogen-bond donors (Lipinski definition) is 3. The summed E-state index contributed by atoms with van der Waals surface area (Å²) in [6, 6.07) is 16.4. The van der Waals surface area contributed by atoms with Crippen LogP contribution in [-0.4, -0.2) is 234 Å². The Balaban J connectivity index is 0.000000130. The molecular weight excluding hydrogens is 1400 g/mol. The monoisotopic (exact) mass is 1500 g/mol. The number of piperidine rings is 3. The van der Waals surface area contributed by atoms with Crippen molar-refractivity contribution in [3.8, 4) is 18.0 Å². The Morgan fingerprint density at radius 3 is 1.54 bits per heavy atom. The van der Waals surface area contributed by atoms with Gasteiger partial charge in [-0.05, 0) is 113 Å². The van der Waals surface area contributed by atoms with E-state index in [1.807, 2.05) is 42.4 Å². The average Bonchev–Trinajstić information content (AvgIpc) is 1.61. The zero-order chi connectivity index (χ0) is 74.8. The third kappa shape index (κ3) is 18.4. The number of alkyl halides is 2. The summed E-state index contributed by atoms with van der Waals surface area (Å²) in [5.74, 6) is -0.229. The smallest absolute Gasteiger partial charge is 0.322 e. The fourth-order valence-corrected chi connectivity index (χ4v) is 16.1. The molecule has 3 N–H and O–H groups in total. The maximum absolute atomic E-state index is 13.2. The van der Waals surface area contributed by atoms with Crippen molar-refractivity contribution in [2.75, 3.05) is 134 Å². The quantitative estimate of drug-likeness (QED) is 0.0500. The number of carbonyl (C=O) groups is 3. The highest BCUT2D eigenvalue weighted by molar-refractivity contribution is 6.06. The zero-order valence-electron chi connectivity index (χ0n) is 61.9. The number of halogens is 2. The van der Waals surface area contributed by atoms with Crippen LogP contribution in [0.25, 0.3) is 0 Å². The van der Waals surface area contributed by atoms with Crippen LogP contribution in [0.3, 0.4) is 0 Å². The first kappa shape index (κ1) is 74.9. The molecular formula is C77H95F2N19O11. The van der Waals surface area contributed by atoms with Crippen LogP contribution in [0.2, 0.25) is 0 Å². The van der Waals surface area contributed by atoms with Gasteiger partial charge in [0, 0.05) is 193 Å². The van der Waals surface area contributed by atoms with E-state index in [4.69, 9.17) is 57.9 Å². The molecule has 2 aliphatic carbocycles. The van der Waals surface area contributed by atoms with Crippen molar-refractivity contribution >= 4 is 52.4 Å². The van der Waals surface area contributed by atoms with Gasteiger partial charge in [0.15, 0.2) is 0 Å². The number of ether oxygens (including phenoxy) is 8. The van der Waals surface area contributed by atoms with Crippen LogP contribution >= 0.6 is 0 Å². The molecule has 0 radical (unpaired) electrons. The highest BCUT2D eigenvalue weighted by atomic mass is 19.3. The fourth-order valence-electron chi connectivity index (χ4n) is 16.1. The Bertz CT molecular complexity index is 4280. The lowest BCUT2D eigenvalue weighted by Crippen LogP contribution is -2.43. The van der Waals surface area contributed by atoms with E-state index < -0.39 is 11.8 Å². The predicted molar refractivity (Wildman–Crippen MR) is 396 cm³/mol. The molecule has 6 aromatic rings. The number of nitrogens with one attached hydrogen (secondary N) is 3. The molecule has 0 bridgehead atoms. The number of rotatable bonds is 25. The Morgan fingerprint density at radius 1 is 0.578 bits per heavy atom. The van der Waals surface area contributed by atoms with Crippen molar-refractivity contribution < 1.29 is 61.1 Å². The summed E-state index contributed by atoms with van der Waals surface area (Å²) >= 11 is 0. The maximum Gasteiger partial charge on any atom is 0.322 e. The molecule has 6 aromatic heterocycles. The van der Waals surface area contributed by atoms with Gasteiger partial charge >= 0.3 is 18.0 Å². The summed E-state index contributed by atoms with van der Waals surface area (Å²) in [5.41, 5.74) is 10.8. The molecule has 30 nitrogen and oxygen atoms in total. The topological polar surface area (TPSA) is 337 Å². The Hall–Kier alpha value is -9.50. The highest BCUT2D eigenvalue weighted by Crippen LogP contribution is 2.45. The van der Waals surface area contributed by atoms with Crippen molar-refractivity contribution in [1.29, 1.82) is 0 Å². The van der Waals surface area contributed by atoms with Gasteiger partial charge in [-0.15, -0.1) is 0 Å². The highest BCUT2D eigenvalue weighted by Gasteiger charge is 2.55. The molecule has 32 heteroatoms. The molecule has 17 rings (SSSR count). The number of pyridine rings is 3. The van der Waals surface area contributed by atoms with Crippen LogP contribution in [0.15, 0.2) is 82.1 Å². The van der Waals surface area contributed by atoms with E-state index in [0.29, 0.717) is 113 Å². The van der Waals surface area contributed by atoms with Crippen LogP contribution in [0.4, 0.5) is 26.4 Å². The van der Waals surface area contributed by atoms with Gasteiger partial charge < -0.3 is 68.5 Å². The third-order valence-electron chi connectivity index (χ3n) is 22.0. The van der Waals surface area contributed by atoms with E-state index in [0.717, 1.165) is 151 Å². The first-order valence-electron chi connectivity index (χ1n) is 38.5. The third-order valence-corrected chi connectivity index (χ3v) is 22.0.